The summed E-state index contributed by atoms with van der Waals surface area (Å²) in [6, 6.07) is 11.1. The molecular weight excluding hydrogens is 502 g/mol. The molecule has 2 heterocycles. The number of aromatic amines is 1. The SMILES string of the molecule is CCOc1nc(N=Nc2c(O)[nH]c3ccc(Br)cc23)sc1N=Nc1ccc([N+](=O)[O-])cc1. The van der Waals surface area contributed by atoms with Gasteiger partial charge in [-0.15, -0.1) is 20.5 Å². The number of H-pyrrole nitrogens is 1. The Kier molecular flexibility index (Phi) is 6.18. The first-order valence-electron chi connectivity index (χ1n) is 9.16. The Morgan fingerprint density at radius 3 is 2.69 bits per heavy atom. The third-order valence-electron chi connectivity index (χ3n) is 4.12. The number of nitrogens with one attached hydrogen (secondary N) is 1. The summed E-state index contributed by atoms with van der Waals surface area (Å²) in [6.07, 6.45) is 0. The van der Waals surface area contributed by atoms with Gasteiger partial charge in [0.1, 0.15) is 0 Å². The molecule has 2 N–H and O–H groups in total. The number of azo groups is 2. The average molecular weight is 516 g/mol. The number of thiazole rings is 1. The number of benzene rings is 2. The third-order valence-corrected chi connectivity index (χ3v) is 5.41. The number of rotatable bonds is 7. The van der Waals surface area contributed by atoms with Crippen LogP contribution in [0, 0.1) is 10.1 Å². The monoisotopic (exact) mass is 515 g/mol. The van der Waals surface area contributed by atoms with Gasteiger partial charge in [-0.25, -0.2) is 0 Å². The highest BCUT2D eigenvalue weighted by atomic mass is 79.9. The molecule has 0 aliphatic heterocycles. The molecule has 0 bridgehead atoms. The quantitative estimate of drug-likeness (QED) is 0.151. The minimum absolute atomic E-state index is 0.0352. The van der Waals surface area contributed by atoms with E-state index in [1.807, 2.05) is 18.2 Å². The van der Waals surface area contributed by atoms with Gasteiger partial charge in [-0.2, -0.15) is 4.98 Å². The van der Waals surface area contributed by atoms with Crippen LogP contribution < -0.4 is 4.74 Å². The number of halogens is 1. The normalized spacial score (nSPS) is 11.7. The molecule has 11 nitrogen and oxygen atoms in total. The van der Waals surface area contributed by atoms with Gasteiger partial charge in [0.05, 0.1) is 22.7 Å². The zero-order chi connectivity index (χ0) is 22.7. The van der Waals surface area contributed by atoms with Crippen molar-refractivity contribution in [2.45, 2.75) is 6.92 Å². The molecule has 2 aromatic heterocycles. The highest BCUT2D eigenvalue weighted by Gasteiger charge is 2.14. The molecule has 13 heteroatoms. The van der Waals surface area contributed by atoms with Crippen LogP contribution in [0.2, 0.25) is 0 Å². The lowest BCUT2D eigenvalue weighted by atomic mass is 10.2. The lowest BCUT2D eigenvalue weighted by Gasteiger charge is -1.97. The van der Waals surface area contributed by atoms with Crippen molar-refractivity contribution < 1.29 is 14.8 Å². The van der Waals surface area contributed by atoms with E-state index in [1.165, 1.54) is 24.3 Å². The largest absolute Gasteiger partial charge is 0.493 e. The van der Waals surface area contributed by atoms with Crippen LogP contribution in [0.25, 0.3) is 10.9 Å². The van der Waals surface area contributed by atoms with Crippen LogP contribution >= 0.6 is 27.3 Å². The second-order valence-corrected chi connectivity index (χ2v) is 8.10. The van der Waals surface area contributed by atoms with Crippen LogP contribution in [0.15, 0.2) is 67.4 Å². The molecule has 0 unspecified atom stereocenters. The number of non-ortho nitro benzene ring substituents is 1. The summed E-state index contributed by atoms with van der Waals surface area (Å²) in [5.74, 6) is 0.129. The molecular formula is C19H14BrN7O4S. The molecule has 0 amide bonds. The smallest absolute Gasteiger partial charge is 0.269 e. The van der Waals surface area contributed by atoms with Gasteiger partial charge in [0.2, 0.25) is 16.0 Å². The fraction of sp³-hybridized carbons (Fsp3) is 0.105. The van der Waals surface area contributed by atoms with Crippen LogP contribution in [0.3, 0.4) is 0 Å². The van der Waals surface area contributed by atoms with E-state index in [4.69, 9.17) is 4.74 Å². The maximum Gasteiger partial charge on any atom is 0.269 e. The van der Waals surface area contributed by atoms with Gasteiger partial charge < -0.3 is 14.8 Å². The lowest BCUT2D eigenvalue weighted by molar-refractivity contribution is -0.384. The van der Waals surface area contributed by atoms with E-state index in [0.29, 0.717) is 28.2 Å². The van der Waals surface area contributed by atoms with Crippen molar-refractivity contribution in [3.8, 4) is 11.8 Å². The fourth-order valence-corrected chi connectivity index (χ4v) is 3.72. The number of fused-ring (bicyclic) bond motifs is 1. The fourth-order valence-electron chi connectivity index (χ4n) is 2.70. The number of nitrogens with zero attached hydrogens (tertiary/aromatic N) is 6. The van der Waals surface area contributed by atoms with Gasteiger partial charge in [0.15, 0.2) is 5.69 Å². The highest BCUT2D eigenvalue weighted by Crippen LogP contribution is 2.42. The van der Waals surface area contributed by atoms with Gasteiger partial charge in [-0.1, -0.05) is 27.3 Å². The van der Waals surface area contributed by atoms with Crippen LogP contribution in [0.5, 0.6) is 11.8 Å². The van der Waals surface area contributed by atoms with E-state index in [1.54, 1.807) is 6.92 Å². The molecule has 32 heavy (non-hydrogen) atoms. The Bertz CT molecular complexity index is 1350. The van der Waals surface area contributed by atoms with E-state index in [9.17, 15) is 15.2 Å². The number of hydrogen-bond donors (Lipinski definition) is 2. The number of aromatic nitrogens is 2. The molecule has 162 valence electrons. The Balaban J connectivity index is 1.61. The van der Waals surface area contributed by atoms with Gasteiger partial charge in [-0.3, -0.25) is 10.1 Å². The minimum atomic E-state index is -0.487. The molecule has 4 rings (SSSR count). The van der Waals surface area contributed by atoms with Crippen molar-refractivity contribution in [2.75, 3.05) is 6.61 Å². The first kappa shape index (κ1) is 21.5. The summed E-state index contributed by atoms with van der Waals surface area (Å²) >= 11 is 4.50. The van der Waals surface area contributed by atoms with Crippen molar-refractivity contribution >= 4 is 65.4 Å². The summed E-state index contributed by atoms with van der Waals surface area (Å²) in [5, 5.41) is 38.7. The first-order chi connectivity index (χ1) is 15.4. The van der Waals surface area contributed by atoms with Crippen LogP contribution in [0.4, 0.5) is 27.2 Å². The summed E-state index contributed by atoms with van der Waals surface area (Å²) in [4.78, 5) is 17.4. The van der Waals surface area contributed by atoms with Crippen LogP contribution in [-0.2, 0) is 0 Å². The van der Waals surface area contributed by atoms with Crippen molar-refractivity contribution in [2.24, 2.45) is 20.5 Å². The van der Waals surface area contributed by atoms with Crippen LogP contribution in [-0.4, -0.2) is 26.6 Å². The molecule has 0 radical (unpaired) electrons. The maximum absolute atomic E-state index is 10.8. The minimum Gasteiger partial charge on any atom is -0.493 e. The van der Waals surface area contributed by atoms with E-state index in [0.717, 1.165) is 15.8 Å². The van der Waals surface area contributed by atoms with Gasteiger partial charge in [-0.05, 0) is 37.3 Å². The Hall–Kier alpha value is -3.71. The predicted molar refractivity (Wildman–Crippen MR) is 122 cm³/mol. The molecule has 0 atom stereocenters. The molecule has 0 fully saturated rings. The molecule has 0 aliphatic carbocycles. The molecule has 0 aliphatic rings. The Morgan fingerprint density at radius 1 is 1.19 bits per heavy atom. The molecule has 0 spiro atoms. The number of ether oxygens (including phenoxy) is 1. The Morgan fingerprint density at radius 2 is 1.97 bits per heavy atom. The molecule has 2 aromatic carbocycles. The summed E-state index contributed by atoms with van der Waals surface area (Å²) < 4.78 is 6.33. The zero-order valence-corrected chi connectivity index (χ0v) is 18.8. The van der Waals surface area contributed by atoms with Gasteiger partial charge >= 0.3 is 0 Å². The lowest BCUT2D eigenvalue weighted by Crippen LogP contribution is -1.90. The van der Waals surface area contributed by atoms with Gasteiger partial charge in [0, 0.05) is 22.0 Å². The number of nitro groups is 1. The number of aromatic hydroxyl groups is 1. The zero-order valence-electron chi connectivity index (χ0n) is 16.4. The summed E-state index contributed by atoms with van der Waals surface area (Å²) in [6.45, 7) is 2.16. The molecule has 0 saturated carbocycles. The second-order valence-electron chi connectivity index (χ2n) is 6.23. The van der Waals surface area contributed by atoms with E-state index in [2.05, 4.69) is 46.4 Å². The Labute approximate surface area is 192 Å². The number of nitro benzene ring substituents is 1. The van der Waals surface area contributed by atoms with Crippen molar-refractivity contribution in [3.05, 3.63) is 57.1 Å². The third kappa shape index (κ3) is 4.63. The molecule has 4 aromatic rings. The van der Waals surface area contributed by atoms with Crippen molar-refractivity contribution in [3.63, 3.8) is 0 Å². The standard InChI is InChI=1S/C19H14BrN7O4S/c1-2-31-17-18(25-23-11-4-6-12(7-5-11)27(29)30)32-19(22-17)26-24-15-13-9-10(20)3-8-14(13)21-16(15)28/h3-9,21,28H,2H2,1H3. The maximum atomic E-state index is 10.8. The van der Waals surface area contributed by atoms with Crippen LogP contribution in [0.1, 0.15) is 6.92 Å². The predicted octanol–water partition coefficient (Wildman–Crippen LogP) is 7.23. The topological polar surface area (TPSA) is 151 Å². The van der Waals surface area contributed by atoms with E-state index in [-0.39, 0.29) is 28.3 Å². The highest BCUT2D eigenvalue weighted by molar-refractivity contribution is 9.10. The van der Waals surface area contributed by atoms with E-state index >= 15 is 0 Å². The summed E-state index contributed by atoms with van der Waals surface area (Å²) in [7, 11) is 0. The molecule has 0 saturated heterocycles. The number of hydrogen-bond acceptors (Lipinski definition) is 10. The van der Waals surface area contributed by atoms with Crippen molar-refractivity contribution in [1.82, 2.24) is 9.97 Å². The van der Waals surface area contributed by atoms with Gasteiger partial charge in [0.25, 0.3) is 11.6 Å². The first-order valence-corrected chi connectivity index (χ1v) is 10.8. The second kappa shape index (κ2) is 9.20. The average Bonchev–Trinajstić information content (AvgIpc) is 3.30. The van der Waals surface area contributed by atoms with E-state index < -0.39 is 4.92 Å². The summed E-state index contributed by atoms with van der Waals surface area (Å²) in [5.41, 5.74) is 1.39. The van der Waals surface area contributed by atoms with Crippen molar-refractivity contribution in [1.29, 1.82) is 0 Å².